The summed E-state index contributed by atoms with van der Waals surface area (Å²) in [5.74, 6) is 2.09. The predicted octanol–water partition coefficient (Wildman–Crippen LogP) is 2.49. The zero-order valence-electron chi connectivity index (χ0n) is 16.5. The number of likely N-dealkylation sites (N-methyl/N-ethyl adjacent to an activating group) is 1. The number of aryl methyl sites for hydroxylation is 1. The number of nitrogens with one attached hydrogen (secondary N) is 2. The van der Waals surface area contributed by atoms with E-state index in [9.17, 15) is 4.79 Å². The van der Waals surface area contributed by atoms with Crippen LogP contribution in [0, 0.1) is 6.92 Å². The summed E-state index contributed by atoms with van der Waals surface area (Å²) in [7, 11) is 3.70. The topological polar surface area (TPSA) is 70.2 Å². The third-order valence-corrected chi connectivity index (χ3v) is 5.02. The lowest BCUT2D eigenvalue weighted by atomic mass is 9.99. The number of piperidine rings is 1. The average molecular weight is 367 g/mol. The van der Waals surface area contributed by atoms with E-state index in [1.54, 1.807) is 4.90 Å². The Morgan fingerprint density at radius 3 is 2.74 bits per heavy atom. The number of rotatable bonds is 6. The van der Waals surface area contributed by atoms with E-state index in [1.807, 2.05) is 51.4 Å². The van der Waals surface area contributed by atoms with Crippen LogP contribution in [0.4, 0.5) is 5.82 Å². The number of aromatic nitrogens is 2. The number of benzene rings is 1. The van der Waals surface area contributed by atoms with E-state index in [1.165, 1.54) is 5.56 Å². The van der Waals surface area contributed by atoms with Gasteiger partial charge in [0.25, 0.3) is 0 Å². The summed E-state index contributed by atoms with van der Waals surface area (Å²) in [5.41, 5.74) is 3.10. The second-order valence-electron chi connectivity index (χ2n) is 7.31. The number of hydrogen-bond acceptors (Lipinski definition) is 5. The van der Waals surface area contributed by atoms with Crippen LogP contribution in [0.1, 0.15) is 41.4 Å². The molecule has 0 aliphatic carbocycles. The maximum Gasteiger partial charge on any atom is 0.227 e. The summed E-state index contributed by atoms with van der Waals surface area (Å²) in [6.07, 6.45) is 2.64. The number of carbonyl (C=O) groups excluding carboxylic acids is 1. The molecule has 0 unspecified atom stereocenters. The molecule has 3 rings (SSSR count). The molecule has 1 aliphatic rings. The average Bonchev–Trinajstić information content (AvgIpc) is 2.70. The van der Waals surface area contributed by atoms with Crippen molar-refractivity contribution in [1.29, 1.82) is 0 Å². The molecule has 1 aromatic carbocycles. The highest BCUT2D eigenvalue weighted by Gasteiger charge is 2.20. The van der Waals surface area contributed by atoms with Crippen LogP contribution in [0.15, 0.2) is 30.3 Å². The molecule has 1 amide bonds. The maximum atomic E-state index is 12.6. The van der Waals surface area contributed by atoms with Gasteiger partial charge in [-0.25, -0.2) is 9.97 Å². The molecule has 6 nitrogen and oxygen atoms in total. The minimum absolute atomic E-state index is 0.0874. The summed E-state index contributed by atoms with van der Waals surface area (Å²) >= 11 is 0. The fourth-order valence-electron chi connectivity index (χ4n) is 3.33. The Kier molecular flexibility index (Phi) is 6.40. The first kappa shape index (κ1) is 19.3. The van der Waals surface area contributed by atoms with Gasteiger partial charge in [0.1, 0.15) is 11.6 Å². The lowest BCUT2D eigenvalue weighted by Crippen LogP contribution is -2.31. The molecule has 2 aromatic rings. The van der Waals surface area contributed by atoms with Gasteiger partial charge in [0, 0.05) is 32.6 Å². The fourth-order valence-corrected chi connectivity index (χ4v) is 3.33. The molecule has 144 valence electrons. The molecule has 1 fully saturated rings. The van der Waals surface area contributed by atoms with Gasteiger partial charge in [0.2, 0.25) is 5.91 Å². The van der Waals surface area contributed by atoms with Gasteiger partial charge in [-0.15, -0.1) is 0 Å². The summed E-state index contributed by atoms with van der Waals surface area (Å²) in [6.45, 7) is 4.50. The highest BCUT2D eigenvalue weighted by molar-refractivity contribution is 5.78. The standard InChI is InChI=1S/C21H29N5O/c1-15-6-8-16(9-7-15)11-20(27)26(3)14-18-12-19(22-2)25-21(24-18)17-5-4-10-23-13-17/h6-9,12,17,23H,4-5,10-11,13-14H2,1-3H3,(H,22,24,25)/t17-/m0/s1. The van der Waals surface area contributed by atoms with Gasteiger partial charge in [-0.1, -0.05) is 29.8 Å². The fraction of sp³-hybridized carbons (Fsp3) is 0.476. The molecule has 2 N–H and O–H groups in total. The first-order chi connectivity index (χ1) is 13.0. The van der Waals surface area contributed by atoms with Crippen LogP contribution in [-0.4, -0.2) is 48.0 Å². The van der Waals surface area contributed by atoms with Gasteiger partial charge in [0.05, 0.1) is 18.7 Å². The van der Waals surface area contributed by atoms with Crippen molar-refractivity contribution in [3.63, 3.8) is 0 Å². The molecule has 2 heterocycles. The smallest absolute Gasteiger partial charge is 0.227 e. The summed E-state index contributed by atoms with van der Waals surface area (Å²) < 4.78 is 0. The van der Waals surface area contributed by atoms with Crippen LogP contribution in [-0.2, 0) is 17.8 Å². The van der Waals surface area contributed by atoms with Crippen molar-refractivity contribution in [3.05, 3.63) is 53.0 Å². The first-order valence-electron chi connectivity index (χ1n) is 9.61. The second kappa shape index (κ2) is 8.95. The highest BCUT2D eigenvalue weighted by Crippen LogP contribution is 2.22. The predicted molar refractivity (Wildman–Crippen MR) is 108 cm³/mol. The van der Waals surface area contributed by atoms with E-state index in [0.717, 1.165) is 48.8 Å². The molecule has 1 aliphatic heterocycles. The van der Waals surface area contributed by atoms with Gasteiger partial charge in [-0.2, -0.15) is 0 Å². The molecule has 1 atom stereocenters. The molecular formula is C21H29N5O. The minimum atomic E-state index is 0.0874. The lowest BCUT2D eigenvalue weighted by Gasteiger charge is -2.23. The van der Waals surface area contributed by atoms with Crippen molar-refractivity contribution >= 4 is 11.7 Å². The van der Waals surface area contributed by atoms with Crippen LogP contribution in [0.3, 0.4) is 0 Å². The molecular weight excluding hydrogens is 338 g/mol. The molecule has 0 radical (unpaired) electrons. The Hall–Kier alpha value is -2.47. The zero-order valence-corrected chi connectivity index (χ0v) is 16.5. The Morgan fingerprint density at radius 1 is 1.30 bits per heavy atom. The molecule has 0 spiro atoms. The quantitative estimate of drug-likeness (QED) is 0.821. The highest BCUT2D eigenvalue weighted by atomic mass is 16.2. The number of amides is 1. The number of anilines is 1. The minimum Gasteiger partial charge on any atom is -0.373 e. The van der Waals surface area contributed by atoms with E-state index in [0.29, 0.717) is 18.9 Å². The van der Waals surface area contributed by atoms with Crippen LogP contribution < -0.4 is 10.6 Å². The SMILES string of the molecule is CNc1cc(CN(C)C(=O)Cc2ccc(C)cc2)nc([C@H]2CCCNC2)n1. The maximum absolute atomic E-state index is 12.6. The van der Waals surface area contributed by atoms with E-state index < -0.39 is 0 Å². The summed E-state index contributed by atoms with van der Waals surface area (Å²) in [6, 6.07) is 10.0. The van der Waals surface area contributed by atoms with Crippen LogP contribution in [0.2, 0.25) is 0 Å². The van der Waals surface area contributed by atoms with Crippen molar-refractivity contribution < 1.29 is 4.79 Å². The normalized spacial score (nSPS) is 16.8. The third kappa shape index (κ3) is 5.26. The van der Waals surface area contributed by atoms with Crippen molar-refractivity contribution in [3.8, 4) is 0 Å². The largest absolute Gasteiger partial charge is 0.373 e. The van der Waals surface area contributed by atoms with Gasteiger partial charge in [-0.05, 0) is 31.9 Å². The summed E-state index contributed by atoms with van der Waals surface area (Å²) in [5, 5.41) is 6.54. The van der Waals surface area contributed by atoms with Crippen molar-refractivity contribution in [2.75, 3.05) is 32.5 Å². The van der Waals surface area contributed by atoms with Crippen LogP contribution in [0.5, 0.6) is 0 Å². The number of hydrogen-bond donors (Lipinski definition) is 2. The zero-order chi connectivity index (χ0) is 19.2. The Balaban J connectivity index is 1.69. The van der Waals surface area contributed by atoms with Gasteiger partial charge in [0.15, 0.2) is 0 Å². The lowest BCUT2D eigenvalue weighted by molar-refractivity contribution is -0.129. The Morgan fingerprint density at radius 2 is 2.07 bits per heavy atom. The molecule has 1 saturated heterocycles. The van der Waals surface area contributed by atoms with Gasteiger partial charge >= 0.3 is 0 Å². The van der Waals surface area contributed by atoms with E-state index >= 15 is 0 Å². The van der Waals surface area contributed by atoms with Gasteiger partial charge < -0.3 is 15.5 Å². The molecule has 0 saturated carbocycles. The second-order valence-corrected chi connectivity index (χ2v) is 7.31. The number of carbonyl (C=O) groups is 1. The molecule has 27 heavy (non-hydrogen) atoms. The van der Waals surface area contributed by atoms with Crippen molar-refractivity contribution in [2.45, 2.75) is 38.6 Å². The van der Waals surface area contributed by atoms with Crippen LogP contribution >= 0.6 is 0 Å². The Bertz CT molecular complexity index is 769. The molecule has 6 heteroatoms. The third-order valence-electron chi connectivity index (χ3n) is 5.02. The first-order valence-corrected chi connectivity index (χ1v) is 9.61. The number of nitrogens with zero attached hydrogens (tertiary/aromatic N) is 3. The monoisotopic (exact) mass is 367 g/mol. The van der Waals surface area contributed by atoms with Crippen molar-refractivity contribution in [1.82, 2.24) is 20.2 Å². The van der Waals surface area contributed by atoms with E-state index in [2.05, 4.69) is 15.6 Å². The molecule has 0 bridgehead atoms. The van der Waals surface area contributed by atoms with E-state index in [-0.39, 0.29) is 5.91 Å². The van der Waals surface area contributed by atoms with Crippen molar-refractivity contribution in [2.24, 2.45) is 0 Å². The summed E-state index contributed by atoms with van der Waals surface area (Å²) in [4.78, 5) is 23.7. The van der Waals surface area contributed by atoms with E-state index in [4.69, 9.17) is 4.98 Å². The Labute approximate surface area is 161 Å². The van der Waals surface area contributed by atoms with Gasteiger partial charge in [-0.3, -0.25) is 4.79 Å². The van der Waals surface area contributed by atoms with Crippen LogP contribution in [0.25, 0.3) is 0 Å². The molecule has 1 aromatic heterocycles.